The molecule has 0 bridgehead atoms. The highest BCUT2D eigenvalue weighted by Gasteiger charge is 2.34. The molecule has 2 aromatic carbocycles. The number of Topliss-reactive ketones (excluding diaryl/α,β-unsaturated/α-hetero) is 1. The van der Waals surface area contributed by atoms with E-state index in [0.717, 1.165) is 31.6 Å². The average Bonchev–Trinajstić information content (AvgIpc) is 3.45. The standard InChI is InChI=1S/C29H36N6O3S/c1-22-4-6-23(7-5-22)31-28-16-17-30-29(33-28)32-24-8-14-27(15-9-24)39(37,38)35(21-20-34-18-2-3-19-34)25-10-12-26(36)13-11-25/h4-9,14-17,25H,2-3,10-13,18-21H2,1H3,(H2,30,31,32,33). The summed E-state index contributed by atoms with van der Waals surface area (Å²) in [6.45, 7) is 5.23. The van der Waals surface area contributed by atoms with Crippen LogP contribution >= 0.6 is 0 Å². The molecule has 2 fully saturated rings. The molecule has 2 N–H and O–H groups in total. The molecule has 10 heteroatoms. The smallest absolute Gasteiger partial charge is 0.243 e. The van der Waals surface area contributed by atoms with Crippen LogP contribution in [0.1, 0.15) is 44.1 Å². The predicted molar refractivity (Wildman–Crippen MR) is 153 cm³/mol. The van der Waals surface area contributed by atoms with Gasteiger partial charge in [0.05, 0.1) is 4.90 Å². The molecule has 2 heterocycles. The summed E-state index contributed by atoms with van der Waals surface area (Å²) in [4.78, 5) is 23.2. The molecule has 206 valence electrons. The van der Waals surface area contributed by atoms with E-state index in [4.69, 9.17) is 0 Å². The van der Waals surface area contributed by atoms with Crippen LogP contribution in [0.15, 0.2) is 65.7 Å². The van der Waals surface area contributed by atoms with Gasteiger partial charge in [0.25, 0.3) is 0 Å². The summed E-state index contributed by atoms with van der Waals surface area (Å²) in [6, 6.07) is 16.4. The molecule has 1 saturated heterocycles. The minimum Gasteiger partial charge on any atom is -0.340 e. The lowest BCUT2D eigenvalue weighted by Crippen LogP contribution is -2.45. The molecule has 1 saturated carbocycles. The zero-order valence-corrected chi connectivity index (χ0v) is 23.2. The predicted octanol–water partition coefficient (Wildman–Crippen LogP) is 4.87. The van der Waals surface area contributed by atoms with Crippen molar-refractivity contribution in [1.29, 1.82) is 0 Å². The molecule has 0 atom stereocenters. The third kappa shape index (κ3) is 7.00. The molecule has 0 radical (unpaired) electrons. The van der Waals surface area contributed by atoms with Crippen LogP contribution in [0.2, 0.25) is 0 Å². The normalized spacial score (nSPS) is 17.0. The van der Waals surface area contributed by atoms with Crippen LogP contribution in [-0.4, -0.2) is 65.6 Å². The first kappa shape index (κ1) is 27.2. The summed E-state index contributed by atoms with van der Waals surface area (Å²) >= 11 is 0. The van der Waals surface area contributed by atoms with Crippen molar-refractivity contribution in [2.24, 2.45) is 0 Å². The molecule has 5 rings (SSSR count). The molecule has 1 aliphatic heterocycles. The molecule has 9 nitrogen and oxygen atoms in total. The summed E-state index contributed by atoms with van der Waals surface area (Å²) in [5, 5.41) is 6.43. The number of aromatic nitrogens is 2. The number of ketones is 1. The monoisotopic (exact) mass is 548 g/mol. The SMILES string of the molecule is Cc1ccc(Nc2ccnc(Nc3ccc(S(=O)(=O)N(CCN4CCCC4)C4CCC(=O)CC4)cc3)n2)cc1. The molecule has 3 aromatic rings. The van der Waals surface area contributed by atoms with Crippen molar-refractivity contribution in [3.8, 4) is 0 Å². The second-order valence-electron chi connectivity index (χ2n) is 10.3. The Labute approximate surface area is 230 Å². The molecule has 0 amide bonds. The first-order valence-corrected chi connectivity index (χ1v) is 15.1. The van der Waals surface area contributed by atoms with E-state index >= 15 is 0 Å². The molecular formula is C29H36N6O3S. The van der Waals surface area contributed by atoms with Gasteiger partial charge < -0.3 is 15.5 Å². The first-order chi connectivity index (χ1) is 18.9. The van der Waals surface area contributed by atoms with E-state index in [2.05, 4.69) is 25.5 Å². The van der Waals surface area contributed by atoms with Crippen molar-refractivity contribution >= 4 is 38.9 Å². The Morgan fingerprint density at radius 3 is 2.26 bits per heavy atom. The number of carbonyl (C=O) groups is 1. The van der Waals surface area contributed by atoms with Crippen molar-refractivity contribution < 1.29 is 13.2 Å². The van der Waals surface area contributed by atoms with Gasteiger partial charge in [-0.1, -0.05) is 17.7 Å². The highest BCUT2D eigenvalue weighted by Crippen LogP contribution is 2.28. The van der Waals surface area contributed by atoms with Gasteiger partial charge in [-0.05, 0) is 88.2 Å². The Kier molecular flexibility index (Phi) is 8.54. The third-order valence-corrected chi connectivity index (χ3v) is 9.42. The van der Waals surface area contributed by atoms with Crippen molar-refractivity contribution in [2.45, 2.75) is 56.4 Å². The average molecular weight is 549 g/mol. The fraction of sp³-hybridized carbons (Fsp3) is 0.414. The first-order valence-electron chi connectivity index (χ1n) is 13.7. The number of aryl methyl sites for hydroxylation is 1. The minimum atomic E-state index is -3.72. The van der Waals surface area contributed by atoms with Crippen molar-refractivity contribution in [2.75, 3.05) is 36.8 Å². The van der Waals surface area contributed by atoms with Gasteiger partial charge >= 0.3 is 0 Å². The third-order valence-electron chi connectivity index (χ3n) is 7.45. The van der Waals surface area contributed by atoms with Crippen LogP contribution in [-0.2, 0) is 14.8 Å². The van der Waals surface area contributed by atoms with Crippen LogP contribution in [0.4, 0.5) is 23.1 Å². The Bertz CT molecular complexity index is 1360. The van der Waals surface area contributed by atoms with Crippen LogP contribution in [0, 0.1) is 6.92 Å². The van der Waals surface area contributed by atoms with Crippen molar-refractivity contribution in [1.82, 2.24) is 19.2 Å². The van der Waals surface area contributed by atoms with Gasteiger partial charge in [-0.25, -0.2) is 13.4 Å². The van der Waals surface area contributed by atoms with Gasteiger partial charge in [0.15, 0.2) is 0 Å². The number of hydrogen-bond donors (Lipinski definition) is 2. The minimum absolute atomic E-state index is 0.148. The number of benzene rings is 2. The van der Waals surface area contributed by atoms with Crippen LogP contribution < -0.4 is 10.6 Å². The van der Waals surface area contributed by atoms with E-state index in [1.165, 1.54) is 5.56 Å². The highest BCUT2D eigenvalue weighted by atomic mass is 32.2. The second kappa shape index (κ2) is 12.2. The molecule has 2 aliphatic rings. The lowest BCUT2D eigenvalue weighted by Gasteiger charge is -2.34. The second-order valence-corrected chi connectivity index (χ2v) is 12.2. The van der Waals surface area contributed by atoms with E-state index in [1.807, 2.05) is 31.2 Å². The van der Waals surface area contributed by atoms with Gasteiger partial charge in [-0.2, -0.15) is 9.29 Å². The molecule has 1 aliphatic carbocycles. The van der Waals surface area contributed by atoms with Crippen LogP contribution in [0.25, 0.3) is 0 Å². The van der Waals surface area contributed by atoms with E-state index < -0.39 is 10.0 Å². The van der Waals surface area contributed by atoms with Gasteiger partial charge in [0.2, 0.25) is 16.0 Å². The van der Waals surface area contributed by atoms with Crippen molar-refractivity contribution in [3.63, 3.8) is 0 Å². The highest BCUT2D eigenvalue weighted by molar-refractivity contribution is 7.89. The van der Waals surface area contributed by atoms with Gasteiger partial charge in [-0.15, -0.1) is 0 Å². The fourth-order valence-corrected chi connectivity index (χ4v) is 6.88. The molecule has 39 heavy (non-hydrogen) atoms. The van der Waals surface area contributed by atoms with E-state index in [9.17, 15) is 13.2 Å². The maximum absolute atomic E-state index is 13.8. The quantitative estimate of drug-likeness (QED) is 0.370. The van der Waals surface area contributed by atoms with E-state index in [0.29, 0.717) is 56.2 Å². The number of nitrogens with zero attached hydrogens (tertiary/aromatic N) is 4. The Morgan fingerprint density at radius 2 is 1.56 bits per heavy atom. The summed E-state index contributed by atoms with van der Waals surface area (Å²) in [7, 11) is -3.72. The molecular weight excluding hydrogens is 512 g/mol. The number of hydrogen-bond acceptors (Lipinski definition) is 8. The fourth-order valence-electron chi connectivity index (χ4n) is 5.21. The summed E-state index contributed by atoms with van der Waals surface area (Å²) in [5.41, 5.74) is 2.80. The summed E-state index contributed by atoms with van der Waals surface area (Å²) < 4.78 is 29.2. The summed E-state index contributed by atoms with van der Waals surface area (Å²) in [6.07, 6.45) is 6.05. The topological polar surface area (TPSA) is 108 Å². The van der Waals surface area contributed by atoms with Crippen LogP contribution in [0.5, 0.6) is 0 Å². The number of anilines is 4. The zero-order valence-electron chi connectivity index (χ0n) is 22.3. The zero-order chi connectivity index (χ0) is 27.2. The van der Waals surface area contributed by atoms with E-state index in [-0.39, 0.29) is 16.7 Å². The van der Waals surface area contributed by atoms with Gasteiger partial charge in [0.1, 0.15) is 11.6 Å². The Balaban J connectivity index is 1.28. The molecule has 1 aromatic heterocycles. The van der Waals surface area contributed by atoms with Crippen molar-refractivity contribution in [3.05, 3.63) is 66.4 Å². The molecule has 0 unspecified atom stereocenters. The lowest BCUT2D eigenvalue weighted by atomic mass is 9.94. The van der Waals surface area contributed by atoms with Gasteiger partial charge in [0, 0.05) is 49.5 Å². The van der Waals surface area contributed by atoms with E-state index in [1.54, 1.807) is 40.8 Å². The maximum Gasteiger partial charge on any atom is 0.243 e. The number of rotatable bonds is 10. The number of carbonyl (C=O) groups excluding carboxylic acids is 1. The number of sulfonamides is 1. The number of likely N-dealkylation sites (tertiary alicyclic amines) is 1. The maximum atomic E-state index is 13.8. The Morgan fingerprint density at radius 1 is 0.923 bits per heavy atom. The van der Waals surface area contributed by atoms with Gasteiger partial charge in [-0.3, -0.25) is 4.79 Å². The lowest BCUT2D eigenvalue weighted by molar-refractivity contribution is -0.121. The Hall–Kier alpha value is -3.34. The largest absolute Gasteiger partial charge is 0.340 e. The summed E-state index contributed by atoms with van der Waals surface area (Å²) in [5.74, 6) is 1.27. The number of nitrogens with one attached hydrogen (secondary N) is 2. The van der Waals surface area contributed by atoms with Crippen LogP contribution in [0.3, 0.4) is 0 Å². The molecule has 0 spiro atoms.